The number of aryl methyl sites for hydroxylation is 1. The zero-order valence-corrected chi connectivity index (χ0v) is 10.6. The highest BCUT2D eigenvalue weighted by Crippen LogP contribution is 2.15. The molecule has 94 valence electrons. The van der Waals surface area contributed by atoms with Crippen molar-refractivity contribution < 1.29 is 4.42 Å². The van der Waals surface area contributed by atoms with Gasteiger partial charge in [0.15, 0.2) is 5.58 Å². The molecule has 0 aliphatic carbocycles. The van der Waals surface area contributed by atoms with E-state index in [4.69, 9.17) is 4.42 Å². The van der Waals surface area contributed by atoms with E-state index in [9.17, 15) is 0 Å². The van der Waals surface area contributed by atoms with Crippen LogP contribution >= 0.6 is 0 Å². The van der Waals surface area contributed by atoms with Gasteiger partial charge in [-0.05, 0) is 36.6 Å². The first kappa shape index (κ1) is 11.7. The summed E-state index contributed by atoms with van der Waals surface area (Å²) in [5.74, 6) is 0.675. The summed E-state index contributed by atoms with van der Waals surface area (Å²) in [7, 11) is 0. The van der Waals surface area contributed by atoms with Gasteiger partial charge in [0.25, 0.3) is 0 Å². The number of hydrogen-bond acceptors (Lipinski definition) is 2. The fourth-order valence-electron chi connectivity index (χ4n) is 2.04. The van der Waals surface area contributed by atoms with Gasteiger partial charge in [0.2, 0.25) is 5.89 Å². The van der Waals surface area contributed by atoms with Gasteiger partial charge < -0.3 is 4.42 Å². The highest BCUT2D eigenvalue weighted by atomic mass is 16.3. The molecule has 0 unspecified atom stereocenters. The van der Waals surface area contributed by atoms with Crippen LogP contribution in [0.15, 0.2) is 65.1 Å². The Hall–Kier alpha value is -2.35. The Morgan fingerprint density at radius 2 is 1.74 bits per heavy atom. The number of nitrogens with zero attached hydrogens (tertiary/aromatic N) is 1. The molecule has 0 amide bonds. The Morgan fingerprint density at radius 1 is 0.947 bits per heavy atom. The van der Waals surface area contributed by atoms with Gasteiger partial charge in [-0.3, -0.25) is 0 Å². The molecule has 0 aliphatic heterocycles. The number of rotatable bonds is 4. The molecule has 3 aromatic rings. The zero-order valence-electron chi connectivity index (χ0n) is 10.6. The summed E-state index contributed by atoms with van der Waals surface area (Å²) < 4.78 is 5.62. The van der Waals surface area contributed by atoms with E-state index >= 15 is 0 Å². The predicted molar refractivity (Wildman–Crippen MR) is 77.8 cm³/mol. The van der Waals surface area contributed by atoms with Crippen LogP contribution in [-0.4, -0.2) is 4.98 Å². The van der Waals surface area contributed by atoms with Crippen molar-refractivity contribution in [1.82, 2.24) is 4.98 Å². The third-order valence-electron chi connectivity index (χ3n) is 3.01. The first-order chi connectivity index (χ1) is 9.42. The number of hydrogen-bond donors (Lipinski definition) is 0. The number of allylic oxidation sites excluding steroid dienone is 1. The normalized spacial score (nSPS) is 11.4. The molecule has 0 aliphatic rings. The molecule has 0 radical (unpaired) electrons. The molecule has 0 fully saturated rings. The maximum atomic E-state index is 5.62. The largest absolute Gasteiger partial charge is 0.437 e. The molecule has 1 aromatic heterocycles. The summed E-state index contributed by atoms with van der Waals surface area (Å²) in [6, 6.07) is 18.3. The van der Waals surface area contributed by atoms with E-state index in [2.05, 4.69) is 35.3 Å². The molecule has 19 heavy (non-hydrogen) atoms. The van der Waals surface area contributed by atoms with Crippen molar-refractivity contribution in [2.24, 2.45) is 0 Å². The maximum absolute atomic E-state index is 5.62. The van der Waals surface area contributed by atoms with Crippen molar-refractivity contribution in [3.05, 3.63) is 72.1 Å². The molecule has 0 atom stereocenters. The number of aromatic nitrogens is 1. The Kier molecular flexibility index (Phi) is 3.41. The second-order valence-corrected chi connectivity index (χ2v) is 4.45. The standard InChI is InChI=1S/C17H15NO/c1-2-8-14(9-3-1)10-4-7-13-17-18-15-11-5-6-12-16(15)19-17/h1-3,5-9,11-13H,4,10H2/b13-7+. The molecular weight excluding hydrogens is 234 g/mol. The molecule has 0 bridgehead atoms. The van der Waals surface area contributed by atoms with Crippen LogP contribution in [0.5, 0.6) is 0 Å². The summed E-state index contributed by atoms with van der Waals surface area (Å²) >= 11 is 0. The molecule has 0 spiro atoms. The van der Waals surface area contributed by atoms with E-state index < -0.39 is 0 Å². The molecule has 0 saturated heterocycles. The molecule has 0 N–H and O–H groups in total. The van der Waals surface area contributed by atoms with Crippen LogP contribution in [-0.2, 0) is 6.42 Å². The van der Waals surface area contributed by atoms with E-state index in [1.807, 2.05) is 36.4 Å². The van der Waals surface area contributed by atoms with Gasteiger partial charge in [-0.2, -0.15) is 0 Å². The fraction of sp³-hybridized carbons (Fsp3) is 0.118. The summed E-state index contributed by atoms with van der Waals surface area (Å²) in [6.07, 6.45) is 6.08. The van der Waals surface area contributed by atoms with Gasteiger partial charge >= 0.3 is 0 Å². The predicted octanol–water partition coefficient (Wildman–Crippen LogP) is 4.47. The fourth-order valence-corrected chi connectivity index (χ4v) is 2.04. The first-order valence-corrected chi connectivity index (χ1v) is 6.48. The first-order valence-electron chi connectivity index (χ1n) is 6.48. The van der Waals surface area contributed by atoms with Crippen molar-refractivity contribution in [2.45, 2.75) is 12.8 Å². The maximum Gasteiger partial charge on any atom is 0.219 e. The van der Waals surface area contributed by atoms with Crippen molar-refractivity contribution in [3.8, 4) is 0 Å². The molecule has 2 nitrogen and oxygen atoms in total. The summed E-state index contributed by atoms with van der Waals surface area (Å²) in [5, 5.41) is 0. The van der Waals surface area contributed by atoms with E-state index in [1.165, 1.54) is 5.56 Å². The average Bonchev–Trinajstić information content (AvgIpc) is 2.87. The minimum atomic E-state index is 0.675. The lowest BCUT2D eigenvalue weighted by atomic mass is 10.1. The molecule has 2 aromatic carbocycles. The summed E-state index contributed by atoms with van der Waals surface area (Å²) in [4.78, 5) is 4.40. The number of fused-ring (bicyclic) bond motifs is 1. The number of benzene rings is 2. The van der Waals surface area contributed by atoms with Crippen LogP contribution < -0.4 is 0 Å². The SMILES string of the molecule is C(=C\c1nc2ccccc2o1)/CCc1ccccc1. The van der Waals surface area contributed by atoms with Crippen LogP contribution in [0.2, 0.25) is 0 Å². The lowest BCUT2D eigenvalue weighted by Crippen LogP contribution is -1.81. The highest BCUT2D eigenvalue weighted by molar-refractivity contribution is 5.73. The van der Waals surface area contributed by atoms with Crippen molar-refractivity contribution in [2.75, 3.05) is 0 Å². The van der Waals surface area contributed by atoms with Crippen molar-refractivity contribution >= 4 is 17.2 Å². The topological polar surface area (TPSA) is 26.0 Å². The minimum absolute atomic E-state index is 0.675. The average molecular weight is 249 g/mol. The van der Waals surface area contributed by atoms with E-state index in [0.717, 1.165) is 23.9 Å². The van der Waals surface area contributed by atoms with Crippen LogP contribution in [0.1, 0.15) is 17.9 Å². The van der Waals surface area contributed by atoms with Crippen LogP contribution in [0.25, 0.3) is 17.2 Å². The Labute approximate surface area is 112 Å². The van der Waals surface area contributed by atoms with Gasteiger partial charge in [0.1, 0.15) is 5.52 Å². The van der Waals surface area contributed by atoms with Gasteiger partial charge in [-0.1, -0.05) is 48.5 Å². The quantitative estimate of drug-likeness (QED) is 0.681. The lowest BCUT2D eigenvalue weighted by Gasteiger charge is -1.95. The molecule has 0 saturated carbocycles. The Bertz CT molecular complexity index is 650. The third-order valence-corrected chi connectivity index (χ3v) is 3.01. The van der Waals surface area contributed by atoms with E-state index in [0.29, 0.717) is 5.89 Å². The third kappa shape index (κ3) is 2.91. The van der Waals surface area contributed by atoms with Gasteiger partial charge in [-0.15, -0.1) is 0 Å². The minimum Gasteiger partial charge on any atom is -0.437 e. The summed E-state index contributed by atoms with van der Waals surface area (Å²) in [6.45, 7) is 0. The molecular formula is C17H15NO. The number of oxazole rings is 1. The highest BCUT2D eigenvalue weighted by Gasteiger charge is 2.00. The number of para-hydroxylation sites is 2. The summed E-state index contributed by atoms with van der Waals surface area (Å²) in [5.41, 5.74) is 3.10. The van der Waals surface area contributed by atoms with Gasteiger partial charge in [0.05, 0.1) is 0 Å². The monoisotopic (exact) mass is 249 g/mol. The molecule has 2 heteroatoms. The second kappa shape index (κ2) is 5.53. The van der Waals surface area contributed by atoms with E-state index in [-0.39, 0.29) is 0 Å². The molecule has 3 rings (SSSR count). The van der Waals surface area contributed by atoms with Crippen molar-refractivity contribution in [1.29, 1.82) is 0 Å². The van der Waals surface area contributed by atoms with Crippen LogP contribution in [0, 0.1) is 0 Å². The van der Waals surface area contributed by atoms with Gasteiger partial charge in [0, 0.05) is 0 Å². The Balaban J connectivity index is 1.63. The zero-order chi connectivity index (χ0) is 12.9. The second-order valence-electron chi connectivity index (χ2n) is 4.45. The smallest absolute Gasteiger partial charge is 0.219 e. The Morgan fingerprint density at radius 3 is 2.58 bits per heavy atom. The van der Waals surface area contributed by atoms with Crippen LogP contribution in [0.4, 0.5) is 0 Å². The lowest BCUT2D eigenvalue weighted by molar-refractivity contribution is 0.589. The van der Waals surface area contributed by atoms with Crippen molar-refractivity contribution in [3.63, 3.8) is 0 Å². The van der Waals surface area contributed by atoms with E-state index in [1.54, 1.807) is 0 Å². The molecule has 1 heterocycles. The van der Waals surface area contributed by atoms with Gasteiger partial charge in [-0.25, -0.2) is 4.98 Å². The van der Waals surface area contributed by atoms with Crippen LogP contribution in [0.3, 0.4) is 0 Å².